The van der Waals surface area contributed by atoms with Crippen LogP contribution >= 0.6 is 23.2 Å². The number of rotatable bonds is 6. The van der Waals surface area contributed by atoms with E-state index in [1.54, 1.807) is 18.2 Å². The van der Waals surface area contributed by atoms with Gasteiger partial charge in [0.05, 0.1) is 18.2 Å². The first-order valence-electron chi connectivity index (χ1n) is 13.8. The van der Waals surface area contributed by atoms with Crippen LogP contribution < -0.4 is 5.32 Å². The Hall–Kier alpha value is -2.88. The molecule has 0 radical (unpaired) electrons. The Kier molecular flexibility index (Phi) is 7.39. The molecule has 3 aliphatic rings. The molecular weight excluding hydrogens is 527 g/mol. The molecule has 1 saturated heterocycles. The highest BCUT2D eigenvalue weighted by atomic mass is 35.5. The summed E-state index contributed by atoms with van der Waals surface area (Å²) in [4.78, 5) is 18.3. The van der Waals surface area contributed by atoms with Crippen molar-refractivity contribution in [1.29, 1.82) is 5.26 Å². The lowest BCUT2D eigenvalue weighted by molar-refractivity contribution is -0.120. The van der Waals surface area contributed by atoms with E-state index in [4.69, 9.17) is 23.2 Å². The SMILES string of the molecule is N#Cc1cccc(-c2ccc3c(c2)CCN(CC(=O)Nc2cc(Cl)cc(Cl)c2)C32CCN(CC3CC3)CC2)c1. The first-order chi connectivity index (χ1) is 18.9. The summed E-state index contributed by atoms with van der Waals surface area (Å²) < 4.78 is 0. The minimum atomic E-state index is -0.177. The highest BCUT2D eigenvalue weighted by molar-refractivity contribution is 6.35. The molecule has 6 rings (SSSR count). The standard InChI is InChI=1S/C32H32Cl2N4O/c33-27-16-28(34)18-29(17-27)36-31(39)21-38-11-8-26-15-25(24-3-1-2-23(14-24)19-35)6-7-30(26)32(38)9-12-37(13-10-32)20-22-4-5-22/h1-3,6-7,14-18,22H,4-5,8-13,20-21H2,(H,36,39). The molecule has 1 N–H and O–H groups in total. The van der Waals surface area contributed by atoms with Crippen molar-refractivity contribution in [2.45, 2.75) is 37.6 Å². The molecule has 2 aliphatic heterocycles. The average molecular weight is 560 g/mol. The van der Waals surface area contributed by atoms with E-state index >= 15 is 0 Å². The molecule has 2 heterocycles. The minimum Gasteiger partial charge on any atom is -0.325 e. The first kappa shape index (κ1) is 26.3. The lowest BCUT2D eigenvalue weighted by Gasteiger charge is -2.52. The molecule has 200 valence electrons. The fourth-order valence-electron chi connectivity index (χ4n) is 6.43. The lowest BCUT2D eigenvalue weighted by Crippen LogP contribution is -2.58. The van der Waals surface area contributed by atoms with Crippen LogP contribution in [-0.4, -0.2) is 48.4 Å². The third-order valence-electron chi connectivity index (χ3n) is 8.57. The Morgan fingerprint density at radius 2 is 1.72 bits per heavy atom. The summed E-state index contributed by atoms with van der Waals surface area (Å²) >= 11 is 12.3. The summed E-state index contributed by atoms with van der Waals surface area (Å²) in [5, 5.41) is 13.4. The molecule has 7 heteroatoms. The topological polar surface area (TPSA) is 59.4 Å². The number of hydrogen-bond acceptors (Lipinski definition) is 4. The van der Waals surface area contributed by atoms with Crippen molar-refractivity contribution in [3.63, 3.8) is 0 Å². The van der Waals surface area contributed by atoms with Gasteiger partial charge in [0, 0.05) is 47.5 Å². The molecule has 5 nitrogen and oxygen atoms in total. The molecule has 0 bridgehead atoms. The maximum atomic E-state index is 13.3. The number of amides is 1. The van der Waals surface area contributed by atoms with Gasteiger partial charge in [-0.2, -0.15) is 5.26 Å². The predicted octanol–water partition coefficient (Wildman–Crippen LogP) is 6.73. The molecule has 2 fully saturated rings. The van der Waals surface area contributed by atoms with Crippen molar-refractivity contribution >= 4 is 34.8 Å². The van der Waals surface area contributed by atoms with Crippen molar-refractivity contribution < 1.29 is 4.79 Å². The summed E-state index contributed by atoms with van der Waals surface area (Å²) in [5.41, 5.74) is 6.00. The second kappa shape index (κ2) is 10.9. The first-order valence-corrected chi connectivity index (χ1v) is 14.5. The monoisotopic (exact) mass is 558 g/mol. The van der Waals surface area contributed by atoms with Crippen LogP contribution in [0.3, 0.4) is 0 Å². The molecule has 1 aliphatic carbocycles. The van der Waals surface area contributed by atoms with Gasteiger partial charge >= 0.3 is 0 Å². The van der Waals surface area contributed by atoms with Crippen molar-refractivity contribution in [3.05, 3.63) is 87.4 Å². The van der Waals surface area contributed by atoms with Crippen LogP contribution in [0, 0.1) is 17.2 Å². The number of piperidine rings is 1. The van der Waals surface area contributed by atoms with Crippen molar-refractivity contribution in [3.8, 4) is 17.2 Å². The molecule has 1 amide bonds. The lowest BCUT2D eigenvalue weighted by atomic mass is 9.73. The molecule has 0 atom stereocenters. The molecular formula is C32H32Cl2N4O. The smallest absolute Gasteiger partial charge is 0.238 e. The second-order valence-corrected chi connectivity index (χ2v) is 12.1. The van der Waals surface area contributed by atoms with Gasteiger partial charge in [0.25, 0.3) is 0 Å². The molecule has 39 heavy (non-hydrogen) atoms. The van der Waals surface area contributed by atoms with E-state index in [-0.39, 0.29) is 11.4 Å². The molecule has 0 aromatic heterocycles. The summed E-state index contributed by atoms with van der Waals surface area (Å²) in [7, 11) is 0. The van der Waals surface area contributed by atoms with Crippen LogP contribution in [0.4, 0.5) is 5.69 Å². The van der Waals surface area contributed by atoms with E-state index in [2.05, 4.69) is 45.5 Å². The van der Waals surface area contributed by atoms with Gasteiger partial charge in [0.15, 0.2) is 0 Å². The van der Waals surface area contributed by atoms with Crippen LogP contribution in [0.2, 0.25) is 10.0 Å². The van der Waals surface area contributed by atoms with Crippen molar-refractivity contribution in [2.24, 2.45) is 5.92 Å². The van der Waals surface area contributed by atoms with Crippen molar-refractivity contribution in [2.75, 3.05) is 38.0 Å². The van der Waals surface area contributed by atoms with Crippen LogP contribution in [0.5, 0.6) is 0 Å². The summed E-state index contributed by atoms with van der Waals surface area (Å²) in [6.07, 6.45) is 5.61. The van der Waals surface area contributed by atoms with E-state index in [0.29, 0.717) is 27.8 Å². The fraction of sp³-hybridized carbons (Fsp3) is 0.375. The molecule has 3 aromatic carbocycles. The molecule has 0 unspecified atom stereocenters. The summed E-state index contributed by atoms with van der Waals surface area (Å²) in [6.45, 7) is 4.43. The number of carbonyl (C=O) groups is 1. The van der Waals surface area contributed by atoms with Gasteiger partial charge in [-0.1, -0.05) is 53.5 Å². The Bertz CT molecular complexity index is 1420. The third kappa shape index (κ3) is 5.71. The zero-order valence-corrected chi connectivity index (χ0v) is 23.4. The minimum absolute atomic E-state index is 0.0542. The number of halogens is 2. The van der Waals surface area contributed by atoms with Crippen LogP contribution in [0.1, 0.15) is 42.4 Å². The zero-order chi connectivity index (χ0) is 27.0. The molecule has 1 saturated carbocycles. The number of fused-ring (bicyclic) bond motifs is 2. The number of likely N-dealkylation sites (tertiary alicyclic amines) is 1. The Morgan fingerprint density at radius 3 is 2.44 bits per heavy atom. The maximum Gasteiger partial charge on any atom is 0.238 e. The van der Waals surface area contributed by atoms with E-state index in [9.17, 15) is 10.1 Å². The summed E-state index contributed by atoms with van der Waals surface area (Å²) in [5.74, 6) is 0.817. The Labute approximate surface area is 240 Å². The number of nitriles is 1. The summed E-state index contributed by atoms with van der Waals surface area (Å²) in [6, 6.07) is 21.9. The molecule has 1 spiro atoms. The third-order valence-corrected chi connectivity index (χ3v) is 9.00. The van der Waals surface area contributed by atoms with Gasteiger partial charge < -0.3 is 10.2 Å². The van der Waals surface area contributed by atoms with Gasteiger partial charge in [0.1, 0.15) is 0 Å². The number of nitrogens with one attached hydrogen (secondary N) is 1. The van der Waals surface area contributed by atoms with E-state index in [0.717, 1.165) is 55.9 Å². The average Bonchev–Trinajstić information content (AvgIpc) is 3.75. The number of carbonyl (C=O) groups excluding carboxylic acids is 1. The second-order valence-electron chi connectivity index (χ2n) is 11.2. The van der Waals surface area contributed by atoms with Gasteiger partial charge in [-0.15, -0.1) is 0 Å². The number of anilines is 1. The number of benzene rings is 3. The van der Waals surface area contributed by atoms with Crippen LogP contribution in [-0.2, 0) is 16.8 Å². The highest BCUT2D eigenvalue weighted by Crippen LogP contribution is 2.45. The number of hydrogen-bond donors (Lipinski definition) is 1. The molecule has 3 aromatic rings. The fourth-order valence-corrected chi connectivity index (χ4v) is 6.96. The number of nitrogens with zero attached hydrogens (tertiary/aromatic N) is 3. The van der Waals surface area contributed by atoms with Crippen molar-refractivity contribution in [1.82, 2.24) is 9.80 Å². The van der Waals surface area contributed by atoms with Gasteiger partial charge in [-0.3, -0.25) is 9.69 Å². The van der Waals surface area contributed by atoms with Gasteiger partial charge in [-0.05, 0) is 90.6 Å². The van der Waals surface area contributed by atoms with Crippen LogP contribution in [0.25, 0.3) is 11.1 Å². The van der Waals surface area contributed by atoms with Crippen LogP contribution in [0.15, 0.2) is 60.7 Å². The van der Waals surface area contributed by atoms with E-state index in [1.807, 2.05) is 18.2 Å². The maximum absolute atomic E-state index is 13.3. The largest absolute Gasteiger partial charge is 0.325 e. The zero-order valence-electron chi connectivity index (χ0n) is 21.9. The quantitative estimate of drug-likeness (QED) is 0.364. The Balaban J connectivity index is 1.28. The Morgan fingerprint density at radius 1 is 0.974 bits per heavy atom. The normalized spacial score (nSPS) is 18.9. The van der Waals surface area contributed by atoms with Gasteiger partial charge in [-0.25, -0.2) is 0 Å². The van der Waals surface area contributed by atoms with Gasteiger partial charge in [0.2, 0.25) is 5.91 Å². The highest BCUT2D eigenvalue weighted by Gasteiger charge is 2.45. The predicted molar refractivity (Wildman–Crippen MR) is 157 cm³/mol. The van der Waals surface area contributed by atoms with E-state index < -0.39 is 0 Å². The van der Waals surface area contributed by atoms with E-state index in [1.165, 1.54) is 30.5 Å².